The zero-order valence-corrected chi connectivity index (χ0v) is 18.9. The molecule has 2 heterocycles. The van der Waals surface area contributed by atoms with Crippen LogP contribution in [0.5, 0.6) is 5.75 Å². The molecule has 3 aromatic carbocycles. The van der Waals surface area contributed by atoms with E-state index in [4.69, 9.17) is 18.7 Å². The number of aliphatic carboxylic acids is 1. The second kappa shape index (κ2) is 8.86. The Morgan fingerprint density at radius 3 is 2.54 bits per heavy atom. The lowest BCUT2D eigenvalue weighted by Gasteiger charge is -2.13. The van der Waals surface area contributed by atoms with E-state index in [0.29, 0.717) is 34.0 Å². The van der Waals surface area contributed by atoms with Crippen LogP contribution in [-0.4, -0.2) is 35.2 Å². The maximum atomic E-state index is 12.2. The average molecular weight is 471 g/mol. The van der Waals surface area contributed by atoms with E-state index >= 15 is 0 Å². The fourth-order valence-electron chi connectivity index (χ4n) is 3.68. The van der Waals surface area contributed by atoms with E-state index in [1.807, 2.05) is 48.5 Å². The second-order valence-corrected chi connectivity index (χ2v) is 7.92. The summed E-state index contributed by atoms with van der Waals surface area (Å²) in [6.45, 7) is 1.37. The van der Waals surface area contributed by atoms with Crippen molar-refractivity contribution in [3.8, 4) is 28.5 Å². The van der Waals surface area contributed by atoms with Gasteiger partial charge in [-0.3, -0.25) is 4.79 Å². The van der Waals surface area contributed by atoms with E-state index in [2.05, 4.69) is 15.6 Å². The molecule has 0 aliphatic carbocycles. The van der Waals surface area contributed by atoms with Gasteiger partial charge in [-0.15, -0.1) is 0 Å². The third kappa shape index (κ3) is 4.39. The third-order valence-corrected chi connectivity index (χ3v) is 5.51. The number of hydrogen-bond acceptors (Lipinski definition) is 6. The first-order valence-corrected chi connectivity index (χ1v) is 10.8. The molecular formula is C26H21N3O6. The monoisotopic (exact) mass is 471 g/mol. The van der Waals surface area contributed by atoms with Gasteiger partial charge in [-0.25, -0.2) is 9.78 Å². The van der Waals surface area contributed by atoms with Gasteiger partial charge >= 0.3 is 12.0 Å². The van der Waals surface area contributed by atoms with Gasteiger partial charge in [-0.2, -0.15) is 0 Å². The number of carbonyl (C=O) groups is 2. The van der Waals surface area contributed by atoms with Crippen molar-refractivity contribution in [1.29, 1.82) is 0 Å². The average Bonchev–Trinajstić information content (AvgIpc) is 3.47. The van der Waals surface area contributed by atoms with Crippen LogP contribution < -0.4 is 15.4 Å². The van der Waals surface area contributed by atoms with E-state index in [1.165, 1.54) is 14.0 Å². The van der Waals surface area contributed by atoms with Gasteiger partial charge in [-0.05, 0) is 55.5 Å². The first-order valence-electron chi connectivity index (χ1n) is 10.8. The molecule has 0 aliphatic heterocycles. The summed E-state index contributed by atoms with van der Waals surface area (Å²) in [6, 6.07) is 18.8. The zero-order chi connectivity index (χ0) is 24.5. The molecule has 35 heavy (non-hydrogen) atoms. The minimum absolute atomic E-state index is 0.338. The number of carboxylic acids is 1. The number of carbonyl (C=O) groups excluding carboxylic acids is 1. The Kier molecular flexibility index (Phi) is 5.58. The molecule has 0 saturated heterocycles. The van der Waals surface area contributed by atoms with E-state index in [9.17, 15) is 9.59 Å². The van der Waals surface area contributed by atoms with Crippen LogP contribution in [-0.2, 0) is 4.79 Å². The summed E-state index contributed by atoms with van der Waals surface area (Å²) in [7, 11) is 1.47. The summed E-state index contributed by atoms with van der Waals surface area (Å²) < 4.78 is 17.2. The van der Waals surface area contributed by atoms with E-state index in [-0.39, 0.29) is 0 Å². The molecule has 0 aliphatic rings. The largest absolute Gasteiger partial charge is 0.495 e. The smallest absolute Gasteiger partial charge is 0.325 e. The van der Waals surface area contributed by atoms with Gasteiger partial charge in [0.25, 0.3) is 0 Å². The molecule has 2 amide bonds. The maximum Gasteiger partial charge on any atom is 0.325 e. The van der Waals surface area contributed by atoms with E-state index in [0.717, 1.165) is 22.3 Å². The predicted molar refractivity (Wildman–Crippen MR) is 130 cm³/mol. The molecule has 9 heteroatoms. The number of fused-ring (bicyclic) bond motifs is 2. The summed E-state index contributed by atoms with van der Waals surface area (Å²) >= 11 is 0. The lowest BCUT2D eigenvalue weighted by molar-refractivity contribution is -0.138. The van der Waals surface area contributed by atoms with Crippen molar-refractivity contribution in [3.05, 3.63) is 66.7 Å². The standard InChI is InChI=1S/C26H21N3O6/c1-14(25(30)31)27-26(32)29-18-12-17(8-9-21(18)33-2)24-28-19-11-16(7-10-22(19)35-24)23-13-15-5-3-4-6-20(15)34-23/h3-14H,1-2H3,(H,30,31)(H2,27,29,32). The molecule has 0 fully saturated rings. The topological polar surface area (TPSA) is 127 Å². The molecule has 176 valence electrons. The van der Waals surface area contributed by atoms with Gasteiger partial charge in [0.15, 0.2) is 5.58 Å². The number of aromatic nitrogens is 1. The minimum Gasteiger partial charge on any atom is -0.495 e. The molecule has 0 saturated carbocycles. The number of furan rings is 1. The van der Waals surface area contributed by atoms with Crippen molar-refractivity contribution in [2.45, 2.75) is 13.0 Å². The molecule has 2 aromatic heterocycles. The number of para-hydroxylation sites is 1. The lowest BCUT2D eigenvalue weighted by atomic mass is 10.1. The highest BCUT2D eigenvalue weighted by molar-refractivity contribution is 5.94. The van der Waals surface area contributed by atoms with Crippen LogP contribution in [0.4, 0.5) is 10.5 Å². The van der Waals surface area contributed by atoms with Gasteiger partial charge in [0, 0.05) is 16.5 Å². The van der Waals surface area contributed by atoms with Gasteiger partial charge in [0.2, 0.25) is 5.89 Å². The number of methoxy groups -OCH3 is 1. The number of ether oxygens (including phenoxy) is 1. The summed E-state index contributed by atoms with van der Waals surface area (Å²) in [5.41, 5.74) is 3.87. The highest BCUT2D eigenvalue weighted by atomic mass is 16.5. The van der Waals surface area contributed by atoms with E-state index in [1.54, 1.807) is 18.2 Å². The molecule has 5 aromatic rings. The first-order chi connectivity index (χ1) is 16.9. The predicted octanol–water partition coefficient (Wildman–Crippen LogP) is 5.51. The van der Waals surface area contributed by atoms with Crippen molar-refractivity contribution in [2.75, 3.05) is 12.4 Å². The third-order valence-electron chi connectivity index (χ3n) is 5.51. The Labute approximate surface area is 199 Å². The number of hydrogen-bond donors (Lipinski definition) is 3. The molecule has 0 bridgehead atoms. The number of oxazole rings is 1. The van der Waals surface area contributed by atoms with Gasteiger partial charge in [-0.1, -0.05) is 18.2 Å². The summed E-state index contributed by atoms with van der Waals surface area (Å²) in [5.74, 6) is 0.339. The number of amides is 2. The zero-order valence-electron chi connectivity index (χ0n) is 18.9. The molecule has 1 unspecified atom stereocenters. The van der Waals surface area contributed by atoms with Gasteiger partial charge in [0.05, 0.1) is 12.8 Å². The van der Waals surface area contributed by atoms with Gasteiger partial charge in [0.1, 0.15) is 28.7 Å². The molecule has 1 atom stereocenters. The summed E-state index contributed by atoms with van der Waals surface area (Å²) in [6.07, 6.45) is 0. The molecule has 0 spiro atoms. The lowest BCUT2D eigenvalue weighted by Crippen LogP contribution is -2.40. The van der Waals surface area contributed by atoms with E-state index < -0.39 is 18.0 Å². The molecular weight excluding hydrogens is 450 g/mol. The first kappa shape index (κ1) is 22.0. The number of anilines is 1. The summed E-state index contributed by atoms with van der Waals surface area (Å²) in [5, 5.41) is 15.0. The van der Waals surface area contributed by atoms with Crippen molar-refractivity contribution >= 4 is 39.8 Å². The van der Waals surface area contributed by atoms with Crippen molar-refractivity contribution in [2.24, 2.45) is 0 Å². The fraction of sp³-hybridized carbons (Fsp3) is 0.115. The SMILES string of the molecule is COc1ccc(-c2nc3cc(-c4cc5ccccc5o4)ccc3o2)cc1NC(=O)NC(C)C(=O)O. The highest BCUT2D eigenvalue weighted by Gasteiger charge is 2.17. The normalized spacial score (nSPS) is 11.9. The molecule has 3 N–H and O–H groups in total. The van der Waals surface area contributed by atoms with Crippen molar-refractivity contribution in [1.82, 2.24) is 10.3 Å². The van der Waals surface area contributed by atoms with Crippen molar-refractivity contribution in [3.63, 3.8) is 0 Å². The number of carboxylic acid groups (broad SMARTS) is 1. The Bertz CT molecular complexity index is 1540. The highest BCUT2D eigenvalue weighted by Crippen LogP contribution is 2.34. The number of rotatable bonds is 6. The maximum absolute atomic E-state index is 12.2. The minimum atomic E-state index is -1.14. The number of urea groups is 1. The number of nitrogens with one attached hydrogen (secondary N) is 2. The van der Waals surface area contributed by atoms with Crippen LogP contribution in [0, 0.1) is 0 Å². The van der Waals surface area contributed by atoms with Crippen molar-refractivity contribution < 1.29 is 28.3 Å². The molecule has 0 radical (unpaired) electrons. The van der Waals surface area contributed by atoms with Crippen LogP contribution in [0.25, 0.3) is 44.8 Å². The Morgan fingerprint density at radius 1 is 0.971 bits per heavy atom. The molecule has 5 rings (SSSR count). The second-order valence-electron chi connectivity index (χ2n) is 7.92. The number of benzene rings is 3. The van der Waals surface area contributed by atoms with Crippen LogP contribution >= 0.6 is 0 Å². The van der Waals surface area contributed by atoms with Crippen LogP contribution in [0.1, 0.15) is 6.92 Å². The Hall–Kier alpha value is -4.79. The molecule has 9 nitrogen and oxygen atoms in total. The van der Waals surface area contributed by atoms with Gasteiger partial charge < -0.3 is 29.3 Å². The Morgan fingerprint density at radius 2 is 1.77 bits per heavy atom. The number of nitrogens with zero attached hydrogens (tertiary/aromatic N) is 1. The summed E-state index contributed by atoms with van der Waals surface area (Å²) in [4.78, 5) is 27.8. The Balaban J connectivity index is 1.45. The van der Waals surface area contributed by atoms with Crippen LogP contribution in [0.15, 0.2) is 75.6 Å². The fourth-order valence-corrected chi connectivity index (χ4v) is 3.68. The quantitative estimate of drug-likeness (QED) is 0.298. The van der Waals surface area contributed by atoms with Crippen LogP contribution in [0.3, 0.4) is 0 Å². The van der Waals surface area contributed by atoms with Crippen LogP contribution in [0.2, 0.25) is 0 Å².